The largest absolute Gasteiger partial charge is 0.390 e. The van der Waals surface area contributed by atoms with Gasteiger partial charge in [0.15, 0.2) is 5.78 Å². The lowest BCUT2D eigenvalue weighted by Crippen LogP contribution is -2.48. The number of hydrogen-bond donors (Lipinski definition) is 3. The molecule has 0 aromatic heterocycles. The molecule has 3 aromatic rings. The minimum atomic E-state index is -1.03. The highest BCUT2D eigenvalue weighted by Crippen LogP contribution is 2.13. The lowest BCUT2D eigenvalue weighted by atomic mass is 9.99. The van der Waals surface area contributed by atoms with Crippen LogP contribution >= 0.6 is 0 Å². The SMILES string of the molecule is CCc1cccc(CNC[C@@H](O)[C@H](Cc2cc(F)cc(F)c2)NC(=O)c2ccc(C(C)=O)cc2)c1. The van der Waals surface area contributed by atoms with Gasteiger partial charge < -0.3 is 15.7 Å². The van der Waals surface area contributed by atoms with Gasteiger partial charge in [-0.05, 0) is 60.7 Å². The van der Waals surface area contributed by atoms with Crippen molar-refractivity contribution in [3.8, 4) is 0 Å². The molecule has 0 saturated heterocycles. The maximum atomic E-state index is 13.7. The number of carbonyl (C=O) groups excluding carboxylic acids is 2. The van der Waals surface area contributed by atoms with Gasteiger partial charge in [-0.3, -0.25) is 9.59 Å². The van der Waals surface area contributed by atoms with Gasteiger partial charge in [0.1, 0.15) is 11.6 Å². The molecular weight excluding hydrogens is 450 g/mol. The molecule has 2 atom stereocenters. The molecule has 0 aliphatic heterocycles. The van der Waals surface area contributed by atoms with Gasteiger partial charge in [-0.1, -0.05) is 43.3 Å². The Bertz CT molecular complexity index is 1140. The molecule has 0 bridgehead atoms. The molecule has 0 saturated carbocycles. The van der Waals surface area contributed by atoms with Crippen LogP contribution in [0.1, 0.15) is 51.3 Å². The number of hydrogen-bond acceptors (Lipinski definition) is 4. The molecule has 5 nitrogen and oxygen atoms in total. The minimum Gasteiger partial charge on any atom is -0.390 e. The predicted molar refractivity (Wildman–Crippen MR) is 131 cm³/mol. The first-order valence-corrected chi connectivity index (χ1v) is 11.6. The van der Waals surface area contributed by atoms with Crippen molar-refractivity contribution >= 4 is 11.7 Å². The highest BCUT2D eigenvalue weighted by molar-refractivity contribution is 5.97. The number of aliphatic hydroxyl groups excluding tert-OH is 1. The first kappa shape index (κ1) is 26.2. The van der Waals surface area contributed by atoms with Gasteiger partial charge >= 0.3 is 0 Å². The van der Waals surface area contributed by atoms with Crippen LogP contribution in [0.15, 0.2) is 66.7 Å². The van der Waals surface area contributed by atoms with Crippen LogP contribution in [0.2, 0.25) is 0 Å². The zero-order valence-electron chi connectivity index (χ0n) is 19.9. The standard InChI is InChI=1S/C28H30F2N2O3/c1-3-19-5-4-6-20(11-19)16-31-17-27(34)26(14-21-12-24(29)15-25(30)13-21)32-28(35)23-9-7-22(8-10-23)18(2)33/h4-13,15,26-27,31,34H,3,14,16-17H2,1-2H3,(H,32,35)/t26-,27+/m0/s1. The normalized spacial score (nSPS) is 12.7. The Balaban J connectivity index is 1.71. The number of carbonyl (C=O) groups is 2. The Morgan fingerprint density at radius 2 is 1.51 bits per heavy atom. The highest BCUT2D eigenvalue weighted by atomic mass is 19.1. The zero-order valence-corrected chi connectivity index (χ0v) is 19.9. The number of amides is 1. The van der Waals surface area contributed by atoms with Gasteiger partial charge in [0, 0.05) is 30.3 Å². The molecule has 3 N–H and O–H groups in total. The Labute approximate surface area is 204 Å². The van der Waals surface area contributed by atoms with Gasteiger partial charge in [0.25, 0.3) is 5.91 Å². The van der Waals surface area contributed by atoms with Crippen molar-refractivity contribution in [2.45, 2.75) is 45.4 Å². The van der Waals surface area contributed by atoms with Crippen LogP contribution in [0.3, 0.4) is 0 Å². The molecule has 0 spiro atoms. The Kier molecular flexibility index (Phi) is 9.23. The average molecular weight is 481 g/mol. The second-order valence-electron chi connectivity index (χ2n) is 8.57. The number of rotatable bonds is 11. The molecule has 3 rings (SSSR count). The fraction of sp³-hybridized carbons (Fsp3) is 0.286. The van der Waals surface area contributed by atoms with E-state index in [-0.39, 0.29) is 18.7 Å². The molecule has 0 radical (unpaired) electrons. The van der Waals surface area contributed by atoms with Crippen LogP contribution in [0.4, 0.5) is 8.78 Å². The van der Waals surface area contributed by atoms with Gasteiger partial charge in [-0.25, -0.2) is 8.78 Å². The summed E-state index contributed by atoms with van der Waals surface area (Å²) in [7, 11) is 0. The number of nitrogens with one attached hydrogen (secondary N) is 2. The first-order chi connectivity index (χ1) is 16.7. The predicted octanol–water partition coefficient (Wildman–Crippen LogP) is 4.22. The lowest BCUT2D eigenvalue weighted by molar-refractivity contribution is 0.0829. The molecule has 0 aliphatic rings. The van der Waals surface area contributed by atoms with E-state index in [0.29, 0.717) is 23.2 Å². The number of halogens is 2. The van der Waals surface area contributed by atoms with Crippen LogP contribution in [-0.4, -0.2) is 35.5 Å². The molecule has 1 amide bonds. The molecule has 0 unspecified atom stereocenters. The molecule has 0 heterocycles. The first-order valence-electron chi connectivity index (χ1n) is 11.6. The van der Waals surface area contributed by atoms with Crippen molar-refractivity contribution in [2.24, 2.45) is 0 Å². The van der Waals surface area contributed by atoms with E-state index in [4.69, 9.17) is 0 Å². The van der Waals surface area contributed by atoms with E-state index in [0.717, 1.165) is 18.1 Å². The summed E-state index contributed by atoms with van der Waals surface area (Å²) >= 11 is 0. The van der Waals surface area contributed by atoms with Gasteiger partial charge in [0.2, 0.25) is 0 Å². The molecule has 184 valence electrons. The molecule has 7 heteroatoms. The van der Waals surface area contributed by atoms with Crippen LogP contribution in [-0.2, 0) is 19.4 Å². The maximum Gasteiger partial charge on any atom is 0.251 e. The van der Waals surface area contributed by atoms with Crippen molar-refractivity contribution in [1.82, 2.24) is 10.6 Å². The minimum absolute atomic E-state index is 0.0279. The van der Waals surface area contributed by atoms with Crippen molar-refractivity contribution in [2.75, 3.05) is 6.54 Å². The number of ketones is 1. The van der Waals surface area contributed by atoms with E-state index >= 15 is 0 Å². The summed E-state index contributed by atoms with van der Waals surface area (Å²) in [6.45, 7) is 4.19. The monoisotopic (exact) mass is 480 g/mol. The lowest BCUT2D eigenvalue weighted by Gasteiger charge is -2.25. The second-order valence-corrected chi connectivity index (χ2v) is 8.57. The van der Waals surface area contributed by atoms with E-state index in [2.05, 4.69) is 23.6 Å². The zero-order chi connectivity index (χ0) is 25.4. The Morgan fingerprint density at radius 3 is 2.14 bits per heavy atom. The second kappa shape index (κ2) is 12.3. The molecular formula is C28H30F2N2O3. The Morgan fingerprint density at radius 1 is 0.886 bits per heavy atom. The summed E-state index contributed by atoms with van der Waals surface area (Å²) < 4.78 is 27.5. The average Bonchev–Trinajstić information content (AvgIpc) is 2.83. The van der Waals surface area contributed by atoms with Crippen LogP contribution in [0.5, 0.6) is 0 Å². The summed E-state index contributed by atoms with van der Waals surface area (Å²) in [5, 5.41) is 16.9. The third kappa shape index (κ3) is 7.80. The smallest absolute Gasteiger partial charge is 0.251 e. The third-order valence-corrected chi connectivity index (χ3v) is 5.79. The number of aliphatic hydroxyl groups is 1. The molecule has 3 aromatic carbocycles. The van der Waals surface area contributed by atoms with Crippen LogP contribution < -0.4 is 10.6 Å². The fourth-order valence-corrected chi connectivity index (χ4v) is 3.84. The summed E-state index contributed by atoms with van der Waals surface area (Å²) in [4.78, 5) is 24.3. The van der Waals surface area contributed by atoms with Gasteiger partial charge in [0.05, 0.1) is 12.1 Å². The quantitative estimate of drug-likeness (QED) is 0.359. The van der Waals surface area contributed by atoms with E-state index in [1.807, 2.05) is 18.2 Å². The van der Waals surface area contributed by atoms with Crippen molar-refractivity contribution in [3.05, 3.63) is 106 Å². The Hall–Kier alpha value is -3.42. The van der Waals surface area contributed by atoms with Gasteiger partial charge in [-0.2, -0.15) is 0 Å². The summed E-state index contributed by atoms with van der Waals surface area (Å²) in [5.74, 6) is -2.03. The molecule has 0 aliphatic carbocycles. The summed E-state index contributed by atoms with van der Waals surface area (Å²) in [6, 6.07) is 16.6. The molecule has 35 heavy (non-hydrogen) atoms. The third-order valence-electron chi connectivity index (χ3n) is 5.79. The topological polar surface area (TPSA) is 78.4 Å². The van der Waals surface area contributed by atoms with E-state index < -0.39 is 29.7 Å². The fourth-order valence-electron chi connectivity index (χ4n) is 3.84. The van der Waals surface area contributed by atoms with Crippen molar-refractivity contribution in [3.63, 3.8) is 0 Å². The van der Waals surface area contributed by atoms with E-state index in [1.54, 1.807) is 12.1 Å². The summed E-state index contributed by atoms with van der Waals surface area (Å²) in [6.07, 6.45) is -0.0847. The van der Waals surface area contributed by atoms with E-state index in [1.165, 1.54) is 36.8 Å². The summed E-state index contributed by atoms with van der Waals surface area (Å²) in [5.41, 5.74) is 3.37. The number of aryl methyl sites for hydroxylation is 1. The van der Waals surface area contributed by atoms with Crippen LogP contribution in [0, 0.1) is 11.6 Å². The van der Waals surface area contributed by atoms with E-state index in [9.17, 15) is 23.5 Å². The van der Waals surface area contributed by atoms with Crippen molar-refractivity contribution in [1.29, 1.82) is 0 Å². The maximum absolute atomic E-state index is 13.7. The highest BCUT2D eigenvalue weighted by Gasteiger charge is 2.23. The van der Waals surface area contributed by atoms with Crippen LogP contribution in [0.25, 0.3) is 0 Å². The number of Topliss-reactive ketones (excluding diaryl/α,β-unsaturated/α-hetero) is 1. The number of benzene rings is 3. The van der Waals surface area contributed by atoms with Gasteiger partial charge in [-0.15, -0.1) is 0 Å². The molecule has 0 fully saturated rings. The van der Waals surface area contributed by atoms with Crippen molar-refractivity contribution < 1.29 is 23.5 Å².